The first-order valence-electron chi connectivity index (χ1n) is 8.49. The molecule has 0 unspecified atom stereocenters. The summed E-state index contributed by atoms with van der Waals surface area (Å²) < 4.78 is 27.0. The molecule has 144 valence electrons. The normalized spacial score (nSPS) is 10.7. The van der Waals surface area contributed by atoms with Crippen molar-refractivity contribution in [3.63, 3.8) is 0 Å². The van der Waals surface area contributed by atoms with E-state index in [0.29, 0.717) is 5.01 Å². The minimum absolute atomic E-state index is 0.172. The van der Waals surface area contributed by atoms with Gasteiger partial charge in [-0.15, -0.1) is 10.2 Å². The Labute approximate surface area is 168 Å². The molecule has 0 saturated heterocycles. The van der Waals surface area contributed by atoms with E-state index in [2.05, 4.69) is 15.5 Å². The van der Waals surface area contributed by atoms with Gasteiger partial charge in [0.25, 0.3) is 5.91 Å². The predicted octanol–water partition coefficient (Wildman–Crippen LogP) is 5.11. The Morgan fingerprint density at radius 3 is 2.41 bits per heavy atom. The van der Waals surface area contributed by atoms with Gasteiger partial charge in [-0.3, -0.25) is 10.1 Å². The van der Waals surface area contributed by atoms with Crippen LogP contribution >= 0.6 is 11.3 Å². The highest BCUT2D eigenvalue weighted by Gasteiger charge is 2.16. The Morgan fingerprint density at radius 1 is 0.897 bits per heavy atom. The van der Waals surface area contributed by atoms with Crippen LogP contribution in [0.4, 0.5) is 13.9 Å². The Hall–Kier alpha value is -3.65. The summed E-state index contributed by atoms with van der Waals surface area (Å²) >= 11 is 1.11. The molecular weight excluding hydrogens is 396 g/mol. The molecule has 0 atom stereocenters. The molecule has 8 heteroatoms. The number of rotatable bonds is 4. The third-order valence-electron chi connectivity index (χ3n) is 4.13. The van der Waals surface area contributed by atoms with Gasteiger partial charge in [0.15, 0.2) is 0 Å². The number of halogens is 2. The molecule has 0 aliphatic rings. The van der Waals surface area contributed by atoms with Gasteiger partial charge in [0.2, 0.25) is 5.13 Å². The second kappa shape index (κ2) is 7.76. The van der Waals surface area contributed by atoms with Crippen molar-refractivity contribution in [1.82, 2.24) is 10.2 Å². The van der Waals surface area contributed by atoms with E-state index in [-0.39, 0.29) is 10.9 Å². The molecule has 0 fully saturated rings. The SMILES string of the molecule is O=C(Nc1nnc(-c2ccc(-c3cccc(O)c3)cc2)s1)c1cc(F)ccc1F. The summed E-state index contributed by atoms with van der Waals surface area (Å²) in [7, 11) is 0. The van der Waals surface area contributed by atoms with Crippen LogP contribution < -0.4 is 5.32 Å². The zero-order valence-electron chi connectivity index (χ0n) is 14.8. The monoisotopic (exact) mass is 409 g/mol. The third-order valence-corrected chi connectivity index (χ3v) is 5.02. The van der Waals surface area contributed by atoms with Crippen LogP contribution in [0, 0.1) is 11.6 Å². The van der Waals surface area contributed by atoms with Crippen molar-refractivity contribution in [1.29, 1.82) is 0 Å². The van der Waals surface area contributed by atoms with Crippen molar-refractivity contribution >= 4 is 22.4 Å². The number of phenolic OH excluding ortho intramolecular Hbond substituents is 1. The number of anilines is 1. The fourth-order valence-electron chi connectivity index (χ4n) is 2.72. The van der Waals surface area contributed by atoms with Gasteiger partial charge in [-0.25, -0.2) is 8.78 Å². The first-order chi connectivity index (χ1) is 14.0. The number of carbonyl (C=O) groups excluding carboxylic acids is 1. The molecule has 0 saturated carbocycles. The maximum Gasteiger partial charge on any atom is 0.260 e. The first kappa shape index (κ1) is 18.7. The smallest absolute Gasteiger partial charge is 0.260 e. The van der Waals surface area contributed by atoms with Gasteiger partial charge < -0.3 is 5.11 Å². The Morgan fingerprint density at radius 2 is 1.66 bits per heavy atom. The molecule has 3 aromatic carbocycles. The van der Waals surface area contributed by atoms with Crippen LogP contribution in [0.1, 0.15) is 10.4 Å². The minimum atomic E-state index is -0.823. The Bertz CT molecular complexity index is 1190. The van der Waals surface area contributed by atoms with Crippen molar-refractivity contribution in [3.05, 3.63) is 83.9 Å². The summed E-state index contributed by atoms with van der Waals surface area (Å²) in [4.78, 5) is 12.2. The van der Waals surface area contributed by atoms with Crippen LogP contribution in [0.5, 0.6) is 5.75 Å². The standard InChI is InChI=1S/C21H13F2N3O2S/c22-15-8-9-18(23)17(11-15)19(28)24-21-26-25-20(29-21)13-6-4-12(5-7-13)14-2-1-3-16(27)10-14/h1-11,27H,(H,24,26,28). The molecule has 1 amide bonds. The molecular formula is C21H13F2N3O2S. The zero-order valence-corrected chi connectivity index (χ0v) is 15.6. The zero-order chi connectivity index (χ0) is 20.4. The minimum Gasteiger partial charge on any atom is -0.508 e. The third kappa shape index (κ3) is 4.12. The van der Waals surface area contributed by atoms with Gasteiger partial charge >= 0.3 is 0 Å². The van der Waals surface area contributed by atoms with Gasteiger partial charge in [0, 0.05) is 5.56 Å². The summed E-state index contributed by atoms with van der Waals surface area (Å²) in [5.41, 5.74) is 2.17. The summed E-state index contributed by atoms with van der Waals surface area (Å²) in [6.45, 7) is 0. The highest BCUT2D eigenvalue weighted by molar-refractivity contribution is 7.18. The van der Waals surface area contributed by atoms with Crippen molar-refractivity contribution in [2.24, 2.45) is 0 Å². The highest BCUT2D eigenvalue weighted by Crippen LogP contribution is 2.30. The van der Waals surface area contributed by atoms with Crippen LogP contribution in [-0.2, 0) is 0 Å². The van der Waals surface area contributed by atoms with E-state index in [1.165, 1.54) is 0 Å². The lowest BCUT2D eigenvalue weighted by Gasteiger charge is -2.03. The number of aromatic hydroxyl groups is 1. The van der Waals surface area contributed by atoms with Crippen LogP contribution in [0.3, 0.4) is 0 Å². The van der Waals surface area contributed by atoms with Crippen molar-refractivity contribution in [3.8, 4) is 27.4 Å². The molecule has 0 radical (unpaired) electrons. The maximum absolute atomic E-state index is 13.7. The fraction of sp³-hybridized carbons (Fsp3) is 0. The molecule has 0 spiro atoms. The topological polar surface area (TPSA) is 75.1 Å². The van der Waals surface area contributed by atoms with E-state index in [4.69, 9.17) is 0 Å². The number of nitrogens with one attached hydrogen (secondary N) is 1. The molecule has 0 bridgehead atoms. The van der Waals surface area contributed by atoms with Crippen LogP contribution in [0.2, 0.25) is 0 Å². The molecule has 4 aromatic rings. The number of hydrogen-bond donors (Lipinski definition) is 2. The molecule has 29 heavy (non-hydrogen) atoms. The summed E-state index contributed by atoms with van der Waals surface area (Å²) in [6.07, 6.45) is 0. The summed E-state index contributed by atoms with van der Waals surface area (Å²) in [5.74, 6) is -2.15. The summed E-state index contributed by atoms with van der Waals surface area (Å²) in [6, 6.07) is 17.0. The number of hydrogen-bond acceptors (Lipinski definition) is 5. The molecule has 0 aliphatic heterocycles. The average Bonchev–Trinajstić information content (AvgIpc) is 3.18. The number of carbonyl (C=O) groups is 1. The van der Waals surface area contributed by atoms with Gasteiger partial charge in [-0.1, -0.05) is 47.7 Å². The average molecular weight is 409 g/mol. The molecule has 1 aromatic heterocycles. The van der Waals surface area contributed by atoms with Gasteiger partial charge in [-0.2, -0.15) is 0 Å². The van der Waals surface area contributed by atoms with E-state index in [1.807, 2.05) is 30.3 Å². The lowest BCUT2D eigenvalue weighted by Crippen LogP contribution is -2.13. The molecule has 5 nitrogen and oxygen atoms in total. The van der Waals surface area contributed by atoms with Crippen molar-refractivity contribution in [2.75, 3.05) is 5.32 Å². The van der Waals surface area contributed by atoms with Crippen LogP contribution in [0.25, 0.3) is 21.7 Å². The van der Waals surface area contributed by atoms with Gasteiger partial charge in [0.1, 0.15) is 22.4 Å². The van der Waals surface area contributed by atoms with Crippen molar-refractivity contribution < 1.29 is 18.7 Å². The van der Waals surface area contributed by atoms with E-state index in [0.717, 1.165) is 46.2 Å². The van der Waals surface area contributed by atoms with E-state index >= 15 is 0 Å². The lowest BCUT2D eigenvalue weighted by atomic mass is 10.0. The van der Waals surface area contributed by atoms with E-state index in [1.54, 1.807) is 18.2 Å². The Kier molecular flexibility index (Phi) is 5.01. The van der Waals surface area contributed by atoms with Gasteiger partial charge in [0.05, 0.1) is 5.56 Å². The van der Waals surface area contributed by atoms with Gasteiger partial charge in [-0.05, 0) is 41.5 Å². The number of amides is 1. The molecule has 1 heterocycles. The number of phenols is 1. The molecule has 0 aliphatic carbocycles. The summed E-state index contributed by atoms with van der Waals surface area (Å²) in [5, 5.41) is 20.7. The number of benzene rings is 3. The molecule has 4 rings (SSSR count). The predicted molar refractivity (Wildman–Crippen MR) is 107 cm³/mol. The van der Waals surface area contributed by atoms with Crippen LogP contribution in [0.15, 0.2) is 66.7 Å². The quantitative estimate of drug-likeness (QED) is 0.491. The highest BCUT2D eigenvalue weighted by atomic mass is 32.1. The lowest BCUT2D eigenvalue weighted by molar-refractivity contribution is 0.102. The first-order valence-corrected chi connectivity index (χ1v) is 9.31. The maximum atomic E-state index is 13.7. The second-order valence-corrected chi connectivity index (χ2v) is 7.10. The van der Waals surface area contributed by atoms with E-state index < -0.39 is 23.1 Å². The number of nitrogens with zero attached hydrogens (tertiary/aromatic N) is 2. The fourth-order valence-corrected chi connectivity index (χ4v) is 3.46. The van der Waals surface area contributed by atoms with E-state index in [9.17, 15) is 18.7 Å². The van der Waals surface area contributed by atoms with Crippen molar-refractivity contribution in [2.45, 2.75) is 0 Å². The Balaban J connectivity index is 1.51. The van der Waals surface area contributed by atoms with Crippen LogP contribution in [-0.4, -0.2) is 21.2 Å². The number of aromatic nitrogens is 2. The molecule has 2 N–H and O–H groups in total. The second-order valence-electron chi connectivity index (χ2n) is 6.12. The largest absolute Gasteiger partial charge is 0.508 e.